The van der Waals surface area contributed by atoms with Gasteiger partial charge >= 0.3 is 5.97 Å². The van der Waals surface area contributed by atoms with Gasteiger partial charge in [-0.25, -0.2) is 0 Å². The summed E-state index contributed by atoms with van der Waals surface area (Å²) >= 11 is 5.92. The standard InChI is InChI=1S/C15H20ClNO2.ClH/c1-4-19-14(18)15(9-12(15)10-17(2)3)11-5-7-13(16)8-6-11;/h5-8,12H,4,9-10H2,1-3H3;1H/t12-,15+;/m1./s1. The number of ether oxygens (including phenoxy) is 1. The van der Waals surface area contributed by atoms with E-state index in [1.54, 1.807) is 0 Å². The summed E-state index contributed by atoms with van der Waals surface area (Å²) < 4.78 is 5.28. The van der Waals surface area contributed by atoms with Crippen molar-refractivity contribution in [3.8, 4) is 0 Å². The van der Waals surface area contributed by atoms with Crippen LogP contribution in [0, 0.1) is 5.92 Å². The lowest BCUT2D eigenvalue weighted by atomic mass is 9.93. The van der Waals surface area contributed by atoms with E-state index in [0.29, 0.717) is 17.5 Å². The molecule has 112 valence electrons. The van der Waals surface area contributed by atoms with Crippen LogP contribution in [0.2, 0.25) is 5.02 Å². The average molecular weight is 318 g/mol. The smallest absolute Gasteiger partial charge is 0.317 e. The third-order valence-corrected chi connectivity index (χ3v) is 4.01. The summed E-state index contributed by atoms with van der Waals surface area (Å²) in [6.45, 7) is 3.25. The van der Waals surface area contributed by atoms with Crippen molar-refractivity contribution in [2.24, 2.45) is 5.92 Å². The van der Waals surface area contributed by atoms with Crippen LogP contribution in [-0.4, -0.2) is 33.2 Å². The number of carbonyl (C=O) groups is 1. The van der Waals surface area contributed by atoms with Crippen LogP contribution < -0.4 is 17.3 Å². The van der Waals surface area contributed by atoms with Crippen molar-refractivity contribution in [2.75, 3.05) is 27.2 Å². The SMILES string of the molecule is CCOC(=O)[C@]1(c2ccc(Cl)cc2)C[C@@H]1C[NH+](C)C.[Cl-]. The fourth-order valence-electron chi connectivity index (χ4n) is 2.80. The number of carbonyl (C=O) groups excluding carboxylic acids is 1. The van der Waals surface area contributed by atoms with Gasteiger partial charge < -0.3 is 22.0 Å². The fraction of sp³-hybridized carbons (Fsp3) is 0.533. The molecule has 1 aromatic carbocycles. The molecule has 0 aliphatic heterocycles. The van der Waals surface area contributed by atoms with Crippen molar-refractivity contribution in [2.45, 2.75) is 18.8 Å². The Hall–Kier alpha value is -0.770. The summed E-state index contributed by atoms with van der Waals surface area (Å²) in [7, 11) is 4.21. The Balaban J connectivity index is 0.00000200. The van der Waals surface area contributed by atoms with Crippen LogP contribution in [-0.2, 0) is 14.9 Å². The lowest BCUT2D eigenvalue weighted by Gasteiger charge is -2.17. The number of hydrogen-bond acceptors (Lipinski definition) is 2. The van der Waals surface area contributed by atoms with Gasteiger partial charge in [-0.3, -0.25) is 4.79 Å². The molecule has 0 unspecified atom stereocenters. The molecule has 1 aliphatic rings. The summed E-state index contributed by atoms with van der Waals surface area (Å²) in [5.41, 5.74) is 0.583. The number of quaternary nitrogens is 1. The van der Waals surface area contributed by atoms with Crippen LogP contribution in [0.25, 0.3) is 0 Å². The molecular weight excluding hydrogens is 297 g/mol. The fourth-order valence-corrected chi connectivity index (χ4v) is 2.92. The second-order valence-electron chi connectivity index (χ2n) is 5.51. The summed E-state index contributed by atoms with van der Waals surface area (Å²) in [5, 5.41) is 0.693. The second-order valence-corrected chi connectivity index (χ2v) is 5.95. The first-order valence-electron chi connectivity index (χ1n) is 6.73. The summed E-state index contributed by atoms with van der Waals surface area (Å²) in [6, 6.07) is 7.58. The van der Waals surface area contributed by atoms with Crippen LogP contribution in [0.5, 0.6) is 0 Å². The highest BCUT2D eigenvalue weighted by Gasteiger charge is 2.63. The van der Waals surface area contributed by atoms with E-state index in [2.05, 4.69) is 14.1 Å². The highest BCUT2D eigenvalue weighted by Crippen LogP contribution is 2.54. The maximum atomic E-state index is 12.3. The van der Waals surface area contributed by atoms with Crippen LogP contribution in [0.15, 0.2) is 24.3 Å². The van der Waals surface area contributed by atoms with Gasteiger partial charge in [0.1, 0.15) is 5.41 Å². The highest BCUT2D eigenvalue weighted by atomic mass is 35.5. The van der Waals surface area contributed by atoms with E-state index < -0.39 is 5.41 Å². The minimum absolute atomic E-state index is 0. The van der Waals surface area contributed by atoms with E-state index in [1.807, 2.05) is 31.2 Å². The number of benzene rings is 1. The molecule has 0 saturated heterocycles. The third-order valence-electron chi connectivity index (χ3n) is 3.76. The molecule has 0 aromatic heterocycles. The molecule has 20 heavy (non-hydrogen) atoms. The first-order valence-corrected chi connectivity index (χ1v) is 7.10. The van der Waals surface area contributed by atoms with E-state index in [4.69, 9.17) is 16.3 Å². The zero-order valence-electron chi connectivity index (χ0n) is 12.1. The second kappa shape index (κ2) is 6.79. The van der Waals surface area contributed by atoms with E-state index >= 15 is 0 Å². The van der Waals surface area contributed by atoms with Gasteiger partial charge in [0.2, 0.25) is 0 Å². The molecule has 0 spiro atoms. The molecule has 1 N–H and O–H groups in total. The van der Waals surface area contributed by atoms with Crippen LogP contribution in [0.3, 0.4) is 0 Å². The number of halogens is 2. The van der Waals surface area contributed by atoms with Gasteiger partial charge in [0, 0.05) is 10.9 Å². The topological polar surface area (TPSA) is 30.7 Å². The normalized spacial score (nSPS) is 24.1. The molecule has 1 aliphatic carbocycles. The largest absolute Gasteiger partial charge is 1.00 e. The van der Waals surface area contributed by atoms with E-state index in [0.717, 1.165) is 18.5 Å². The highest BCUT2D eigenvalue weighted by molar-refractivity contribution is 6.30. The molecule has 1 aromatic rings. The van der Waals surface area contributed by atoms with E-state index in [1.165, 1.54) is 4.90 Å². The van der Waals surface area contributed by atoms with Crippen molar-refractivity contribution >= 4 is 17.6 Å². The summed E-state index contributed by atoms with van der Waals surface area (Å²) in [6.07, 6.45) is 0.874. The summed E-state index contributed by atoms with van der Waals surface area (Å²) in [5.74, 6) is 0.265. The Morgan fingerprint density at radius 2 is 2.00 bits per heavy atom. The molecule has 0 bridgehead atoms. The van der Waals surface area contributed by atoms with Crippen molar-refractivity contribution in [3.63, 3.8) is 0 Å². The molecular formula is C15H21Cl2NO2. The van der Waals surface area contributed by atoms with Gasteiger partial charge in [0.25, 0.3) is 0 Å². The lowest BCUT2D eigenvalue weighted by Crippen LogP contribution is -3.06. The van der Waals surface area contributed by atoms with Gasteiger partial charge in [-0.2, -0.15) is 0 Å². The van der Waals surface area contributed by atoms with Crippen LogP contribution in [0.1, 0.15) is 18.9 Å². The predicted octanol–water partition coefficient (Wildman–Crippen LogP) is -1.69. The van der Waals surface area contributed by atoms with Crippen LogP contribution >= 0.6 is 11.6 Å². The third kappa shape index (κ3) is 3.27. The molecule has 0 amide bonds. The molecule has 1 saturated carbocycles. The minimum atomic E-state index is -0.447. The summed E-state index contributed by atoms with van der Waals surface area (Å²) in [4.78, 5) is 13.7. The Labute approximate surface area is 131 Å². The molecule has 5 heteroatoms. The lowest BCUT2D eigenvalue weighted by molar-refractivity contribution is -0.860. The van der Waals surface area contributed by atoms with E-state index in [9.17, 15) is 4.79 Å². The van der Waals surface area contributed by atoms with Crippen molar-refractivity contribution in [1.82, 2.24) is 0 Å². The van der Waals surface area contributed by atoms with Crippen LogP contribution in [0.4, 0.5) is 0 Å². The van der Waals surface area contributed by atoms with Crippen molar-refractivity contribution < 1.29 is 26.8 Å². The predicted molar refractivity (Wildman–Crippen MR) is 75.5 cm³/mol. The monoisotopic (exact) mass is 317 g/mol. The molecule has 2 rings (SSSR count). The Morgan fingerprint density at radius 3 is 2.50 bits per heavy atom. The molecule has 0 radical (unpaired) electrons. The van der Waals surface area contributed by atoms with E-state index in [-0.39, 0.29) is 18.4 Å². The Kier molecular flexibility index (Phi) is 5.87. The van der Waals surface area contributed by atoms with Crippen molar-refractivity contribution in [1.29, 1.82) is 0 Å². The first kappa shape index (κ1) is 17.3. The zero-order valence-corrected chi connectivity index (χ0v) is 13.6. The zero-order chi connectivity index (χ0) is 14.0. The maximum absolute atomic E-state index is 12.3. The first-order chi connectivity index (χ1) is 9.00. The molecule has 0 heterocycles. The molecule has 1 fully saturated rings. The quantitative estimate of drug-likeness (QED) is 0.657. The number of rotatable bonds is 5. The average Bonchev–Trinajstić information content (AvgIpc) is 3.04. The molecule has 2 atom stereocenters. The van der Waals surface area contributed by atoms with Crippen molar-refractivity contribution in [3.05, 3.63) is 34.9 Å². The number of hydrogen-bond donors (Lipinski definition) is 1. The maximum Gasteiger partial charge on any atom is 0.317 e. The Morgan fingerprint density at radius 1 is 1.40 bits per heavy atom. The van der Waals surface area contributed by atoms with Gasteiger partial charge in [-0.15, -0.1) is 0 Å². The Bertz CT molecular complexity index is 461. The van der Waals surface area contributed by atoms with Gasteiger partial charge in [0.15, 0.2) is 0 Å². The number of esters is 1. The minimum Gasteiger partial charge on any atom is -1.00 e. The number of nitrogens with one attached hydrogen (secondary N) is 1. The molecule has 3 nitrogen and oxygen atoms in total. The van der Waals surface area contributed by atoms with Gasteiger partial charge in [0.05, 0.1) is 27.2 Å². The van der Waals surface area contributed by atoms with Gasteiger partial charge in [-0.05, 0) is 31.0 Å². The van der Waals surface area contributed by atoms with Gasteiger partial charge in [-0.1, -0.05) is 23.7 Å².